The first-order chi connectivity index (χ1) is 10.3. The van der Waals surface area contributed by atoms with Gasteiger partial charge in [-0.15, -0.1) is 0 Å². The van der Waals surface area contributed by atoms with Crippen molar-refractivity contribution < 1.29 is 9.53 Å². The molecular formula is C17H24N2O2. The lowest BCUT2D eigenvalue weighted by Crippen LogP contribution is -2.24. The fourth-order valence-corrected chi connectivity index (χ4v) is 3.23. The standard InChI is InChI=1S/C17H24N2O2/c20-17-19(11-12-21-17)16-10-6-9-15(13-16)18-14-7-4-2-1-3-5-8-14/h6,9-10,13-14,18H,1-5,7-8,11-12H2. The van der Waals surface area contributed by atoms with Crippen LogP contribution in [-0.4, -0.2) is 25.3 Å². The number of amides is 1. The number of hydrogen-bond donors (Lipinski definition) is 1. The normalized spacial score (nSPS) is 20.8. The summed E-state index contributed by atoms with van der Waals surface area (Å²) in [6.45, 7) is 1.13. The molecule has 4 nitrogen and oxygen atoms in total. The summed E-state index contributed by atoms with van der Waals surface area (Å²) in [6, 6.07) is 8.68. The van der Waals surface area contributed by atoms with E-state index in [0.29, 0.717) is 19.2 Å². The molecule has 1 saturated heterocycles. The van der Waals surface area contributed by atoms with Crippen LogP contribution < -0.4 is 10.2 Å². The van der Waals surface area contributed by atoms with Crippen molar-refractivity contribution in [1.29, 1.82) is 0 Å². The molecule has 1 heterocycles. The first-order valence-electron chi connectivity index (χ1n) is 8.14. The number of ether oxygens (including phenoxy) is 1. The molecule has 1 aliphatic carbocycles. The lowest BCUT2D eigenvalue weighted by atomic mass is 9.96. The van der Waals surface area contributed by atoms with Crippen molar-refractivity contribution in [2.75, 3.05) is 23.4 Å². The van der Waals surface area contributed by atoms with Crippen molar-refractivity contribution in [2.24, 2.45) is 0 Å². The molecule has 0 radical (unpaired) electrons. The van der Waals surface area contributed by atoms with Crippen LogP contribution in [0.15, 0.2) is 24.3 Å². The third-order valence-corrected chi connectivity index (χ3v) is 4.39. The van der Waals surface area contributed by atoms with Gasteiger partial charge in [0.05, 0.1) is 6.54 Å². The van der Waals surface area contributed by atoms with E-state index in [0.717, 1.165) is 11.4 Å². The quantitative estimate of drug-likeness (QED) is 0.907. The van der Waals surface area contributed by atoms with Crippen LogP contribution in [0.5, 0.6) is 0 Å². The second-order valence-electron chi connectivity index (χ2n) is 6.00. The van der Waals surface area contributed by atoms with Gasteiger partial charge in [0.2, 0.25) is 0 Å². The van der Waals surface area contributed by atoms with E-state index in [1.807, 2.05) is 12.1 Å². The Morgan fingerprint density at radius 2 is 1.86 bits per heavy atom. The predicted octanol–water partition coefficient (Wildman–Crippen LogP) is 4.17. The molecule has 0 aromatic heterocycles. The molecule has 2 aliphatic rings. The lowest BCUT2D eigenvalue weighted by Gasteiger charge is -2.23. The second kappa shape index (κ2) is 6.83. The van der Waals surface area contributed by atoms with Crippen molar-refractivity contribution >= 4 is 17.5 Å². The van der Waals surface area contributed by atoms with Gasteiger partial charge in [-0.2, -0.15) is 0 Å². The van der Waals surface area contributed by atoms with E-state index in [4.69, 9.17) is 4.74 Å². The minimum Gasteiger partial charge on any atom is -0.447 e. The Morgan fingerprint density at radius 1 is 1.10 bits per heavy atom. The largest absolute Gasteiger partial charge is 0.447 e. The number of benzene rings is 1. The highest BCUT2D eigenvalue weighted by Gasteiger charge is 2.23. The van der Waals surface area contributed by atoms with Gasteiger partial charge in [-0.1, -0.05) is 38.2 Å². The van der Waals surface area contributed by atoms with E-state index in [1.54, 1.807) is 4.90 Å². The molecule has 1 N–H and O–H groups in total. The van der Waals surface area contributed by atoms with Gasteiger partial charge in [-0.3, -0.25) is 4.90 Å². The molecule has 2 fully saturated rings. The molecule has 21 heavy (non-hydrogen) atoms. The third-order valence-electron chi connectivity index (χ3n) is 4.39. The Bertz CT molecular complexity index is 481. The van der Waals surface area contributed by atoms with Crippen molar-refractivity contribution in [1.82, 2.24) is 0 Å². The van der Waals surface area contributed by atoms with Crippen molar-refractivity contribution in [3.05, 3.63) is 24.3 Å². The summed E-state index contributed by atoms with van der Waals surface area (Å²) in [6.07, 6.45) is 8.99. The molecule has 1 amide bonds. The number of carbonyl (C=O) groups is 1. The zero-order valence-corrected chi connectivity index (χ0v) is 12.5. The highest BCUT2D eigenvalue weighted by atomic mass is 16.6. The van der Waals surface area contributed by atoms with E-state index in [-0.39, 0.29) is 6.09 Å². The minimum absolute atomic E-state index is 0.238. The lowest BCUT2D eigenvalue weighted by molar-refractivity contribution is 0.181. The molecular weight excluding hydrogens is 264 g/mol. The van der Waals surface area contributed by atoms with Crippen molar-refractivity contribution in [2.45, 2.75) is 51.0 Å². The first-order valence-corrected chi connectivity index (χ1v) is 8.14. The van der Waals surface area contributed by atoms with Crippen LogP contribution in [0.4, 0.5) is 16.2 Å². The maximum atomic E-state index is 11.6. The van der Waals surface area contributed by atoms with E-state index in [1.165, 1.54) is 44.9 Å². The first kappa shape index (κ1) is 14.2. The van der Waals surface area contributed by atoms with Crippen molar-refractivity contribution in [3.63, 3.8) is 0 Å². The number of nitrogens with zero attached hydrogens (tertiary/aromatic N) is 1. The van der Waals surface area contributed by atoms with E-state index in [9.17, 15) is 4.79 Å². The Balaban J connectivity index is 1.66. The van der Waals surface area contributed by atoms with E-state index < -0.39 is 0 Å². The average molecular weight is 288 g/mol. The zero-order valence-electron chi connectivity index (χ0n) is 12.5. The molecule has 0 bridgehead atoms. The summed E-state index contributed by atoms with van der Waals surface area (Å²) >= 11 is 0. The second-order valence-corrected chi connectivity index (χ2v) is 6.00. The van der Waals surface area contributed by atoms with Gasteiger partial charge in [-0.05, 0) is 31.0 Å². The number of rotatable bonds is 3. The number of nitrogens with one attached hydrogen (secondary N) is 1. The summed E-state index contributed by atoms with van der Waals surface area (Å²) < 4.78 is 5.01. The van der Waals surface area contributed by atoms with Crippen LogP contribution in [0.25, 0.3) is 0 Å². The summed E-state index contributed by atoms with van der Waals surface area (Å²) in [4.78, 5) is 13.3. The molecule has 3 rings (SSSR count). The van der Waals surface area contributed by atoms with Gasteiger partial charge < -0.3 is 10.1 Å². The summed E-state index contributed by atoms with van der Waals surface area (Å²) in [5.74, 6) is 0. The van der Waals surface area contributed by atoms with E-state index in [2.05, 4.69) is 17.4 Å². The number of carbonyl (C=O) groups excluding carboxylic acids is 1. The van der Waals surface area contributed by atoms with Crippen LogP contribution in [0, 0.1) is 0 Å². The Hall–Kier alpha value is -1.71. The van der Waals surface area contributed by atoms with Gasteiger partial charge in [-0.25, -0.2) is 4.79 Å². The molecule has 0 atom stereocenters. The van der Waals surface area contributed by atoms with E-state index >= 15 is 0 Å². The predicted molar refractivity (Wildman–Crippen MR) is 84.9 cm³/mol. The van der Waals surface area contributed by atoms with Gasteiger partial charge >= 0.3 is 6.09 Å². The third kappa shape index (κ3) is 3.69. The smallest absolute Gasteiger partial charge is 0.414 e. The topological polar surface area (TPSA) is 41.6 Å². The Morgan fingerprint density at radius 3 is 2.57 bits per heavy atom. The number of anilines is 2. The van der Waals surface area contributed by atoms with Crippen LogP contribution in [0.3, 0.4) is 0 Å². The van der Waals surface area contributed by atoms with Crippen molar-refractivity contribution in [3.8, 4) is 0 Å². The SMILES string of the molecule is O=C1OCCN1c1cccc(NC2CCCCCCC2)c1. The Kier molecular flexibility index (Phi) is 4.63. The minimum atomic E-state index is -0.238. The monoisotopic (exact) mass is 288 g/mol. The summed E-state index contributed by atoms with van der Waals surface area (Å²) in [5.41, 5.74) is 2.03. The number of cyclic esters (lactones) is 1. The van der Waals surface area contributed by atoms with Crippen LogP contribution in [-0.2, 0) is 4.74 Å². The highest BCUT2D eigenvalue weighted by Crippen LogP contribution is 2.25. The van der Waals surface area contributed by atoms with Gasteiger partial charge in [0.25, 0.3) is 0 Å². The molecule has 1 aromatic rings. The number of hydrogen-bond acceptors (Lipinski definition) is 3. The van der Waals surface area contributed by atoms with Crippen LogP contribution in [0.2, 0.25) is 0 Å². The molecule has 0 unspecified atom stereocenters. The Labute approximate surface area is 126 Å². The summed E-state index contributed by atoms with van der Waals surface area (Å²) in [7, 11) is 0. The maximum absolute atomic E-state index is 11.6. The van der Waals surface area contributed by atoms with Crippen LogP contribution >= 0.6 is 0 Å². The van der Waals surface area contributed by atoms with Crippen LogP contribution in [0.1, 0.15) is 44.9 Å². The average Bonchev–Trinajstić information content (AvgIpc) is 2.88. The van der Waals surface area contributed by atoms with Gasteiger partial charge in [0.1, 0.15) is 6.61 Å². The van der Waals surface area contributed by atoms with Gasteiger partial charge in [0, 0.05) is 17.4 Å². The maximum Gasteiger partial charge on any atom is 0.414 e. The molecule has 4 heteroatoms. The molecule has 114 valence electrons. The zero-order chi connectivity index (χ0) is 14.5. The molecule has 0 spiro atoms. The fraction of sp³-hybridized carbons (Fsp3) is 0.588. The molecule has 1 saturated carbocycles. The summed E-state index contributed by atoms with van der Waals surface area (Å²) in [5, 5.41) is 3.65. The molecule has 1 aromatic carbocycles. The highest BCUT2D eigenvalue weighted by molar-refractivity contribution is 5.89. The fourth-order valence-electron chi connectivity index (χ4n) is 3.23. The van der Waals surface area contributed by atoms with Gasteiger partial charge in [0.15, 0.2) is 0 Å². The molecule has 1 aliphatic heterocycles.